The van der Waals surface area contributed by atoms with Crippen LogP contribution in [0.25, 0.3) is 0 Å². The van der Waals surface area contributed by atoms with Crippen molar-refractivity contribution in [3.05, 3.63) is 30.1 Å². The lowest BCUT2D eigenvalue weighted by molar-refractivity contribution is -0.146. The third kappa shape index (κ3) is 3.77. The summed E-state index contributed by atoms with van der Waals surface area (Å²) in [5, 5.41) is 0. The molecule has 2 aliphatic heterocycles. The predicted octanol–water partition coefficient (Wildman–Crippen LogP) is 3.42. The van der Waals surface area contributed by atoms with Crippen LogP contribution in [0.4, 0.5) is 0 Å². The van der Waals surface area contributed by atoms with Crippen LogP contribution in [-0.4, -0.2) is 59.6 Å². The number of ether oxygens (including phenoxy) is 1. The van der Waals surface area contributed by atoms with Crippen LogP contribution >= 0.6 is 0 Å². The number of rotatable bonds is 5. The average Bonchev–Trinajstić information content (AvgIpc) is 2.72. The van der Waals surface area contributed by atoms with E-state index in [1.807, 2.05) is 24.2 Å². The van der Waals surface area contributed by atoms with Crippen molar-refractivity contribution in [3.63, 3.8) is 0 Å². The predicted molar refractivity (Wildman–Crippen MR) is 105 cm³/mol. The van der Waals surface area contributed by atoms with Crippen LogP contribution in [0.3, 0.4) is 0 Å². The second-order valence-electron chi connectivity index (χ2n) is 8.53. The van der Waals surface area contributed by atoms with Crippen molar-refractivity contribution in [3.8, 4) is 0 Å². The lowest BCUT2D eigenvalue weighted by Crippen LogP contribution is -2.64. The van der Waals surface area contributed by atoms with E-state index in [1.165, 1.54) is 44.2 Å². The number of carbonyl (C=O) groups is 1. The molecule has 5 heteroatoms. The molecule has 0 aromatic carbocycles. The van der Waals surface area contributed by atoms with Gasteiger partial charge in [0.1, 0.15) is 6.61 Å². The topological polar surface area (TPSA) is 45.7 Å². The van der Waals surface area contributed by atoms with E-state index in [2.05, 4.69) is 22.0 Å². The minimum absolute atomic E-state index is 0.147. The molecule has 0 N–H and O–H groups in total. The molecule has 27 heavy (non-hydrogen) atoms. The van der Waals surface area contributed by atoms with Crippen molar-refractivity contribution in [1.29, 1.82) is 0 Å². The molecule has 2 saturated heterocycles. The van der Waals surface area contributed by atoms with E-state index in [0.717, 1.165) is 25.9 Å². The highest BCUT2D eigenvalue weighted by Gasteiger charge is 2.54. The standard InChI is InChI=1S/C22H33N3O2/c1-2-27-16-20(26)24-14-8-19(9-15-24)25-17-22(10-4-3-5-11-22)21(25)18-6-12-23-13-7-18/h6-7,12-13,19,21H,2-5,8-11,14-17H2,1H3. The number of piperidine rings is 1. The van der Waals surface area contributed by atoms with E-state index in [9.17, 15) is 4.79 Å². The molecule has 1 saturated carbocycles. The first-order valence-electron chi connectivity index (χ1n) is 10.7. The summed E-state index contributed by atoms with van der Waals surface area (Å²) in [6.07, 6.45) is 12.9. The lowest BCUT2D eigenvalue weighted by atomic mass is 9.60. The van der Waals surface area contributed by atoms with Crippen LogP contribution in [-0.2, 0) is 9.53 Å². The fourth-order valence-corrected chi connectivity index (χ4v) is 5.63. The molecule has 1 aliphatic carbocycles. The summed E-state index contributed by atoms with van der Waals surface area (Å²) in [5.74, 6) is 0.147. The van der Waals surface area contributed by atoms with Crippen molar-refractivity contribution in [2.75, 3.05) is 32.8 Å². The highest BCUT2D eigenvalue weighted by atomic mass is 16.5. The minimum atomic E-state index is 0.147. The molecule has 4 rings (SSSR count). The minimum Gasteiger partial charge on any atom is -0.372 e. The van der Waals surface area contributed by atoms with Gasteiger partial charge >= 0.3 is 0 Å². The van der Waals surface area contributed by atoms with Gasteiger partial charge in [-0.15, -0.1) is 0 Å². The molecule has 5 nitrogen and oxygen atoms in total. The van der Waals surface area contributed by atoms with Crippen molar-refractivity contribution in [2.45, 2.75) is 64.0 Å². The van der Waals surface area contributed by atoms with Gasteiger partial charge in [-0.2, -0.15) is 0 Å². The first-order valence-corrected chi connectivity index (χ1v) is 10.7. The zero-order chi connectivity index (χ0) is 18.7. The monoisotopic (exact) mass is 371 g/mol. The first kappa shape index (κ1) is 18.9. The highest BCUT2D eigenvalue weighted by molar-refractivity contribution is 5.77. The summed E-state index contributed by atoms with van der Waals surface area (Å²) in [6, 6.07) is 5.56. The quantitative estimate of drug-likeness (QED) is 0.796. The number of pyridine rings is 1. The average molecular weight is 372 g/mol. The zero-order valence-electron chi connectivity index (χ0n) is 16.6. The van der Waals surface area contributed by atoms with E-state index < -0.39 is 0 Å². The maximum absolute atomic E-state index is 12.2. The summed E-state index contributed by atoms with van der Waals surface area (Å²) < 4.78 is 5.30. The largest absolute Gasteiger partial charge is 0.372 e. The molecule has 0 radical (unpaired) electrons. The van der Waals surface area contributed by atoms with Gasteiger partial charge in [0.2, 0.25) is 5.91 Å². The van der Waals surface area contributed by atoms with Crippen molar-refractivity contribution < 1.29 is 9.53 Å². The highest BCUT2D eigenvalue weighted by Crippen LogP contribution is 2.58. The number of carbonyl (C=O) groups excluding carboxylic acids is 1. The molecule has 1 atom stereocenters. The molecular weight excluding hydrogens is 338 g/mol. The Kier molecular flexibility index (Phi) is 5.79. The first-order chi connectivity index (χ1) is 13.2. The van der Waals surface area contributed by atoms with Gasteiger partial charge in [-0.3, -0.25) is 14.7 Å². The Bertz CT molecular complexity index is 622. The molecule has 1 aromatic rings. The molecule has 148 valence electrons. The van der Waals surface area contributed by atoms with Crippen LogP contribution in [0, 0.1) is 5.41 Å². The van der Waals surface area contributed by atoms with Crippen molar-refractivity contribution >= 4 is 5.91 Å². The lowest BCUT2D eigenvalue weighted by Gasteiger charge is -2.63. The van der Waals surface area contributed by atoms with Gasteiger partial charge in [0, 0.05) is 56.1 Å². The third-order valence-electron chi connectivity index (χ3n) is 7.00. The number of amides is 1. The summed E-state index contributed by atoms with van der Waals surface area (Å²) in [5.41, 5.74) is 1.91. The Hall–Kier alpha value is -1.46. The third-order valence-corrected chi connectivity index (χ3v) is 7.00. The number of aromatic nitrogens is 1. The molecule has 1 amide bonds. The summed E-state index contributed by atoms with van der Waals surface area (Å²) in [4.78, 5) is 21.2. The van der Waals surface area contributed by atoms with Gasteiger partial charge in [0.15, 0.2) is 0 Å². The Morgan fingerprint density at radius 2 is 1.89 bits per heavy atom. The molecule has 1 spiro atoms. The maximum Gasteiger partial charge on any atom is 0.248 e. The van der Waals surface area contributed by atoms with E-state index in [1.54, 1.807) is 0 Å². The Balaban J connectivity index is 1.42. The number of hydrogen-bond donors (Lipinski definition) is 0. The fourth-order valence-electron chi connectivity index (χ4n) is 5.63. The molecule has 3 heterocycles. The fraction of sp³-hybridized carbons (Fsp3) is 0.727. The number of nitrogens with zero attached hydrogens (tertiary/aromatic N) is 3. The van der Waals surface area contributed by atoms with Gasteiger partial charge in [-0.25, -0.2) is 0 Å². The smallest absolute Gasteiger partial charge is 0.248 e. The van der Waals surface area contributed by atoms with Gasteiger partial charge in [-0.05, 0) is 50.3 Å². The Morgan fingerprint density at radius 3 is 2.56 bits per heavy atom. The summed E-state index contributed by atoms with van der Waals surface area (Å²) >= 11 is 0. The van der Waals surface area contributed by atoms with Gasteiger partial charge in [-0.1, -0.05) is 19.3 Å². The number of hydrogen-bond acceptors (Lipinski definition) is 4. The van der Waals surface area contributed by atoms with E-state index >= 15 is 0 Å². The van der Waals surface area contributed by atoms with E-state index in [0.29, 0.717) is 24.1 Å². The van der Waals surface area contributed by atoms with Crippen molar-refractivity contribution in [1.82, 2.24) is 14.8 Å². The zero-order valence-corrected chi connectivity index (χ0v) is 16.6. The Labute approximate surface area is 163 Å². The summed E-state index contributed by atoms with van der Waals surface area (Å²) in [6.45, 7) is 5.73. The second kappa shape index (κ2) is 8.27. The Morgan fingerprint density at radius 1 is 1.19 bits per heavy atom. The molecule has 1 aromatic heterocycles. The molecule has 1 unspecified atom stereocenters. The molecule has 3 aliphatic rings. The van der Waals surface area contributed by atoms with E-state index in [-0.39, 0.29) is 12.5 Å². The van der Waals surface area contributed by atoms with Crippen LogP contribution in [0.5, 0.6) is 0 Å². The van der Waals surface area contributed by atoms with Gasteiger partial charge in [0.05, 0.1) is 0 Å². The SMILES string of the molecule is CCOCC(=O)N1CCC(N2CC3(CCCCC3)C2c2ccncc2)CC1. The number of likely N-dealkylation sites (tertiary alicyclic amines) is 2. The molecular formula is C22H33N3O2. The van der Waals surface area contributed by atoms with Gasteiger partial charge < -0.3 is 9.64 Å². The maximum atomic E-state index is 12.2. The van der Waals surface area contributed by atoms with Crippen molar-refractivity contribution in [2.24, 2.45) is 5.41 Å². The second-order valence-corrected chi connectivity index (χ2v) is 8.53. The van der Waals surface area contributed by atoms with Crippen LogP contribution in [0.2, 0.25) is 0 Å². The molecule has 0 bridgehead atoms. The van der Waals surface area contributed by atoms with Crippen LogP contribution in [0.15, 0.2) is 24.5 Å². The summed E-state index contributed by atoms with van der Waals surface area (Å²) in [7, 11) is 0. The van der Waals surface area contributed by atoms with Gasteiger partial charge in [0.25, 0.3) is 0 Å². The normalized spacial score (nSPS) is 26.1. The van der Waals surface area contributed by atoms with Crippen LogP contribution < -0.4 is 0 Å². The van der Waals surface area contributed by atoms with E-state index in [4.69, 9.17) is 4.74 Å². The molecule has 3 fully saturated rings. The van der Waals surface area contributed by atoms with Crippen LogP contribution in [0.1, 0.15) is 63.5 Å².